The van der Waals surface area contributed by atoms with E-state index in [1.165, 1.54) is 24.3 Å². The average Bonchev–Trinajstić information content (AvgIpc) is 2.62. The Morgan fingerprint density at radius 3 is 2.41 bits per heavy atom. The van der Waals surface area contributed by atoms with Crippen molar-refractivity contribution in [1.29, 1.82) is 0 Å². The number of morpholine rings is 1. The molecule has 2 aromatic carbocycles. The Hall–Kier alpha value is -2.32. The van der Waals surface area contributed by atoms with Crippen molar-refractivity contribution in [2.75, 3.05) is 18.4 Å². The SMILES string of the molecule is C[C@H]1CN(C(=S)Nc2ccc(OC(F)(F)F)cc2)C[C@H](c2ccccc2)O1. The van der Waals surface area contributed by atoms with E-state index in [2.05, 4.69) is 10.1 Å². The van der Waals surface area contributed by atoms with Gasteiger partial charge in [0.2, 0.25) is 0 Å². The maximum atomic E-state index is 12.2. The van der Waals surface area contributed by atoms with Crippen LogP contribution in [0.1, 0.15) is 18.6 Å². The molecule has 1 saturated heterocycles. The zero-order valence-electron chi connectivity index (χ0n) is 14.6. The highest BCUT2D eigenvalue weighted by Gasteiger charge is 2.31. The summed E-state index contributed by atoms with van der Waals surface area (Å²) in [6.45, 7) is 3.20. The first-order valence-electron chi connectivity index (χ1n) is 8.42. The monoisotopic (exact) mass is 396 g/mol. The molecular weight excluding hydrogens is 377 g/mol. The summed E-state index contributed by atoms with van der Waals surface area (Å²) in [6.07, 6.45) is -4.82. The van der Waals surface area contributed by atoms with E-state index in [1.807, 2.05) is 42.2 Å². The van der Waals surface area contributed by atoms with E-state index in [4.69, 9.17) is 17.0 Å². The standard InChI is InChI=1S/C19H19F3N2O2S/c1-13-11-24(12-17(25-13)14-5-3-2-4-6-14)18(27)23-15-7-9-16(10-8-15)26-19(20,21)22/h2-10,13,17H,11-12H2,1H3,(H,23,27)/t13-,17+/m0/s1. The molecule has 1 heterocycles. The number of ether oxygens (including phenoxy) is 2. The van der Waals surface area contributed by atoms with Crippen molar-refractivity contribution in [3.8, 4) is 5.75 Å². The van der Waals surface area contributed by atoms with Gasteiger partial charge in [-0.2, -0.15) is 0 Å². The normalized spacial score (nSPS) is 20.2. The zero-order valence-corrected chi connectivity index (χ0v) is 15.4. The lowest BCUT2D eigenvalue weighted by Gasteiger charge is -2.38. The first-order chi connectivity index (χ1) is 12.8. The van der Waals surface area contributed by atoms with E-state index in [-0.39, 0.29) is 18.0 Å². The molecule has 4 nitrogen and oxygen atoms in total. The predicted molar refractivity (Wildman–Crippen MR) is 101 cm³/mol. The molecule has 0 bridgehead atoms. The lowest BCUT2D eigenvalue weighted by atomic mass is 10.1. The Morgan fingerprint density at radius 2 is 1.78 bits per heavy atom. The lowest BCUT2D eigenvalue weighted by molar-refractivity contribution is -0.274. The second-order valence-electron chi connectivity index (χ2n) is 6.25. The van der Waals surface area contributed by atoms with Gasteiger partial charge in [0.15, 0.2) is 5.11 Å². The molecule has 0 amide bonds. The Kier molecular flexibility index (Phi) is 5.86. The van der Waals surface area contributed by atoms with Gasteiger partial charge < -0.3 is 19.7 Å². The molecule has 1 N–H and O–H groups in total. The minimum Gasteiger partial charge on any atom is -0.406 e. The van der Waals surface area contributed by atoms with Crippen molar-refractivity contribution in [2.45, 2.75) is 25.5 Å². The smallest absolute Gasteiger partial charge is 0.406 e. The molecule has 0 aliphatic carbocycles. The zero-order chi connectivity index (χ0) is 19.4. The Morgan fingerprint density at radius 1 is 1.11 bits per heavy atom. The first-order valence-corrected chi connectivity index (χ1v) is 8.83. The summed E-state index contributed by atoms with van der Waals surface area (Å²) in [5.74, 6) is -0.275. The minimum absolute atomic E-state index is 0.00809. The highest BCUT2D eigenvalue weighted by molar-refractivity contribution is 7.80. The molecule has 0 spiro atoms. The van der Waals surface area contributed by atoms with Gasteiger partial charge in [-0.3, -0.25) is 0 Å². The fourth-order valence-corrected chi connectivity index (χ4v) is 3.18. The molecule has 27 heavy (non-hydrogen) atoms. The summed E-state index contributed by atoms with van der Waals surface area (Å²) in [6, 6.07) is 15.4. The van der Waals surface area contributed by atoms with E-state index in [9.17, 15) is 13.2 Å². The van der Waals surface area contributed by atoms with E-state index >= 15 is 0 Å². The highest BCUT2D eigenvalue weighted by atomic mass is 32.1. The van der Waals surface area contributed by atoms with Crippen molar-refractivity contribution < 1.29 is 22.6 Å². The van der Waals surface area contributed by atoms with Crippen LogP contribution in [0.15, 0.2) is 54.6 Å². The van der Waals surface area contributed by atoms with Crippen molar-refractivity contribution in [3.63, 3.8) is 0 Å². The summed E-state index contributed by atoms with van der Waals surface area (Å²) < 4.78 is 46.6. The van der Waals surface area contributed by atoms with Gasteiger partial charge in [0.05, 0.1) is 12.6 Å². The molecule has 0 unspecified atom stereocenters. The lowest BCUT2D eigenvalue weighted by Crippen LogP contribution is -2.47. The third kappa shape index (κ3) is 5.58. The molecule has 1 fully saturated rings. The number of benzene rings is 2. The van der Waals surface area contributed by atoms with Crippen molar-refractivity contribution in [3.05, 3.63) is 60.2 Å². The maximum absolute atomic E-state index is 12.2. The van der Waals surface area contributed by atoms with Crippen LogP contribution in [0.5, 0.6) is 5.75 Å². The largest absolute Gasteiger partial charge is 0.573 e. The summed E-state index contributed by atoms with van der Waals surface area (Å²) >= 11 is 5.48. The Bertz CT molecular complexity index is 769. The summed E-state index contributed by atoms with van der Waals surface area (Å²) in [5.41, 5.74) is 1.66. The summed E-state index contributed by atoms with van der Waals surface area (Å²) in [5, 5.41) is 3.56. The average molecular weight is 396 g/mol. The Balaban J connectivity index is 1.63. The molecule has 144 valence electrons. The number of alkyl halides is 3. The van der Waals surface area contributed by atoms with Crippen molar-refractivity contribution in [1.82, 2.24) is 4.90 Å². The second kappa shape index (κ2) is 8.14. The number of thiocarbonyl (C=S) groups is 1. The number of anilines is 1. The predicted octanol–water partition coefficient (Wildman–Crippen LogP) is 4.74. The van der Waals surface area contributed by atoms with Crippen LogP contribution in [-0.2, 0) is 4.74 Å². The maximum Gasteiger partial charge on any atom is 0.573 e. The van der Waals surface area contributed by atoms with Gasteiger partial charge in [0.1, 0.15) is 11.9 Å². The van der Waals surface area contributed by atoms with Crippen molar-refractivity contribution in [2.24, 2.45) is 0 Å². The fraction of sp³-hybridized carbons (Fsp3) is 0.316. The molecular formula is C19H19F3N2O2S. The second-order valence-corrected chi connectivity index (χ2v) is 6.64. The van der Waals surface area contributed by atoms with Crippen LogP contribution in [0.2, 0.25) is 0 Å². The van der Waals surface area contributed by atoms with Crippen molar-refractivity contribution >= 4 is 23.0 Å². The number of nitrogens with one attached hydrogen (secondary N) is 1. The van der Waals surface area contributed by atoms with E-state index in [0.717, 1.165) is 5.56 Å². The van der Waals surface area contributed by atoms with Crippen LogP contribution in [0, 0.1) is 0 Å². The van der Waals surface area contributed by atoms with Gasteiger partial charge in [-0.1, -0.05) is 30.3 Å². The number of rotatable bonds is 3. The molecule has 2 atom stereocenters. The number of nitrogens with zero attached hydrogens (tertiary/aromatic N) is 1. The number of hydrogen-bond acceptors (Lipinski definition) is 3. The van der Waals surface area contributed by atoms with Gasteiger partial charge in [-0.25, -0.2) is 0 Å². The minimum atomic E-state index is -4.71. The third-order valence-corrected chi connectivity index (χ3v) is 4.42. The van der Waals surface area contributed by atoms with Crippen LogP contribution < -0.4 is 10.1 Å². The molecule has 0 aromatic heterocycles. The van der Waals surface area contributed by atoms with Crippen LogP contribution in [0.25, 0.3) is 0 Å². The molecule has 0 saturated carbocycles. The van der Waals surface area contributed by atoms with Gasteiger partial charge >= 0.3 is 6.36 Å². The van der Waals surface area contributed by atoms with Crippen LogP contribution >= 0.6 is 12.2 Å². The first kappa shape index (κ1) is 19.4. The van der Waals surface area contributed by atoms with Crippen LogP contribution in [0.4, 0.5) is 18.9 Å². The quantitative estimate of drug-likeness (QED) is 0.758. The topological polar surface area (TPSA) is 33.7 Å². The molecule has 2 aromatic rings. The fourth-order valence-electron chi connectivity index (χ4n) is 2.91. The van der Waals surface area contributed by atoms with E-state index < -0.39 is 6.36 Å². The number of halogens is 3. The van der Waals surface area contributed by atoms with Gasteiger partial charge in [-0.05, 0) is 49.0 Å². The van der Waals surface area contributed by atoms with E-state index in [0.29, 0.717) is 23.9 Å². The number of hydrogen-bond donors (Lipinski definition) is 1. The highest BCUT2D eigenvalue weighted by Crippen LogP contribution is 2.27. The Labute approximate surface area is 160 Å². The molecule has 1 aliphatic rings. The van der Waals surface area contributed by atoms with Gasteiger partial charge in [-0.15, -0.1) is 13.2 Å². The molecule has 0 radical (unpaired) electrons. The van der Waals surface area contributed by atoms with Gasteiger partial charge in [0, 0.05) is 12.2 Å². The van der Waals surface area contributed by atoms with Crippen LogP contribution in [-0.4, -0.2) is 35.6 Å². The molecule has 1 aliphatic heterocycles. The molecule has 3 rings (SSSR count). The van der Waals surface area contributed by atoms with E-state index in [1.54, 1.807) is 0 Å². The molecule has 8 heteroatoms. The summed E-state index contributed by atoms with van der Waals surface area (Å²) in [4.78, 5) is 2.00. The van der Waals surface area contributed by atoms with Gasteiger partial charge in [0.25, 0.3) is 0 Å². The summed E-state index contributed by atoms with van der Waals surface area (Å²) in [7, 11) is 0. The van der Waals surface area contributed by atoms with Crippen LogP contribution in [0.3, 0.4) is 0 Å². The third-order valence-electron chi connectivity index (χ3n) is 4.06.